The monoisotopic (exact) mass is 271 g/mol. The van der Waals surface area contributed by atoms with Crippen molar-refractivity contribution >= 4 is 0 Å². The maximum Gasteiger partial charge on any atom is 0.0644 e. The molecule has 0 spiro atoms. The van der Waals surface area contributed by atoms with Crippen LogP contribution in [-0.2, 0) is 12.0 Å². The average Bonchev–Trinajstić information content (AvgIpc) is 2.91. The van der Waals surface area contributed by atoms with Crippen molar-refractivity contribution in [3.63, 3.8) is 0 Å². The Morgan fingerprint density at radius 3 is 2.30 bits per heavy atom. The molecule has 1 heterocycles. The van der Waals surface area contributed by atoms with Gasteiger partial charge in [-0.1, -0.05) is 0 Å². The molecule has 2 N–H and O–H groups in total. The first-order valence-electron chi connectivity index (χ1n) is 8.49. The lowest BCUT2D eigenvalue weighted by Gasteiger charge is -2.57. The molecule has 0 radical (unpaired) electrons. The summed E-state index contributed by atoms with van der Waals surface area (Å²) in [6.07, 6.45) is 11.0. The summed E-state index contributed by atoms with van der Waals surface area (Å²) >= 11 is 0. The molecule has 3 heteroatoms. The summed E-state index contributed by atoms with van der Waals surface area (Å²) < 4.78 is 2.50. The van der Waals surface area contributed by atoms with Gasteiger partial charge in [0.2, 0.25) is 0 Å². The fraction of sp³-hybridized carbons (Fsp3) is 0.824. The Bertz CT molecular complexity index is 536. The number of aryl methyl sites for hydroxylation is 1. The van der Waals surface area contributed by atoms with Crippen molar-refractivity contribution in [1.29, 1.82) is 0 Å². The lowest BCUT2D eigenvalue weighted by molar-refractivity contribution is -0.0507. The maximum absolute atomic E-state index is 6.30. The van der Waals surface area contributed by atoms with Crippen molar-refractivity contribution in [3.8, 4) is 0 Å². The molecule has 1 atom stereocenters. The average molecular weight is 271 g/mol. The van der Waals surface area contributed by atoms with E-state index in [-0.39, 0.29) is 6.04 Å². The van der Waals surface area contributed by atoms with Crippen LogP contribution >= 0.6 is 0 Å². The van der Waals surface area contributed by atoms with Gasteiger partial charge in [-0.2, -0.15) is 5.10 Å². The predicted molar refractivity (Wildman–Crippen MR) is 78.4 cm³/mol. The fourth-order valence-corrected chi connectivity index (χ4v) is 6.46. The van der Waals surface area contributed by atoms with Gasteiger partial charge in [0.15, 0.2) is 0 Å². The Morgan fingerprint density at radius 2 is 1.70 bits per heavy atom. The molecular formula is C17H25N3. The van der Waals surface area contributed by atoms with Gasteiger partial charge in [-0.05, 0) is 76.0 Å². The summed E-state index contributed by atoms with van der Waals surface area (Å²) in [4.78, 5) is 0. The van der Waals surface area contributed by atoms with Gasteiger partial charge in [-0.25, -0.2) is 0 Å². The molecule has 6 rings (SSSR count). The molecule has 3 nitrogen and oxygen atoms in total. The second-order valence-corrected chi connectivity index (χ2v) is 8.14. The van der Waals surface area contributed by atoms with E-state index in [2.05, 4.69) is 11.6 Å². The van der Waals surface area contributed by atoms with Gasteiger partial charge < -0.3 is 5.73 Å². The van der Waals surface area contributed by atoms with Crippen LogP contribution < -0.4 is 5.73 Å². The second kappa shape index (κ2) is 3.68. The van der Waals surface area contributed by atoms with Crippen LogP contribution in [0.5, 0.6) is 0 Å². The van der Waals surface area contributed by atoms with Crippen molar-refractivity contribution in [2.24, 2.45) is 23.5 Å². The molecule has 4 saturated carbocycles. The van der Waals surface area contributed by atoms with Crippen LogP contribution in [0.25, 0.3) is 0 Å². The fourth-order valence-electron chi connectivity index (χ4n) is 6.46. The van der Waals surface area contributed by atoms with Crippen LogP contribution in [0.4, 0.5) is 0 Å². The molecule has 0 amide bonds. The van der Waals surface area contributed by atoms with Crippen LogP contribution in [0.2, 0.25) is 0 Å². The third-order valence-corrected chi connectivity index (χ3v) is 6.72. The van der Waals surface area contributed by atoms with E-state index in [4.69, 9.17) is 10.8 Å². The molecule has 0 aromatic carbocycles. The first-order chi connectivity index (χ1) is 9.64. The highest BCUT2D eigenvalue weighted by molar-refractivity contribution is 5.34. The van der Waals surface area contributed by atoms with E-state index < -0.39 is 0 Å². The number of rotatable bonds is 1. The molecule has 1 aromatic rings. The summed E-state index contributed by atoms with van der Waals surface area (Å²) in [5, 5.41) is 5.01. The highest BCUT2D eigenvalue weighted by Crippen LogP contribution is 2.59. The zero-order valence-electron chi connectivity index (χ0n) is 12.4. The number of fused-ring (bicyclic) bond motifs is 1. The Morgan fingerprint density at radius 1 is 1.10 bits per heavy atom. The SMILES string of the molecule is Cc1nn(C23CC4CC(CC(C4)C2)C3)c2c1C(N)CC2. The minimum absolute atomic E-state index is 0.243. The minimum Gasteiger partial charge on any atom is -0.324 e. The van der Waals surface area contributed by atoms with Crippen LogP contribution in [0.1, 0.15) is 67.9 Å². The van der Waals surface area contributed by atoms with Gasteiger partial charge in [-0.3, -0.25) is 4.68 Å². The van der Waals surface area contributed by atoms with Crippen LogP contribution in [-0.4, -0.2) is 9.78 Å². The molecule has 1 unspecified atom stereocenters. The van der Waals surface area contributed by atoms with Gasteiger partial charge in [0.25, 0.3) is 0 Å². The number of aromatic nitrogens is 2. The molecule has 5 aliphatic carbocycles. The van der Waals surface area contributed by atoms with Crippen LogP contribution in [0, 0.1) is 24.7 Å². The normalized spacial score (nSPS) is 45.1. The molecule has 5 aliphatic rings. The summed E-state index contributed by atoms with van der Waals surface area (Å²) in [5.74, 6) is 2.95. The third kappa shape index (κ3) is 1.37. The second-order valence-electron chi connectivity index (χ2n) is 8.14. The summed E-state index contributed by atoms with van der Waals surface area (Å²) in [5.41, 5.74) is 10.8. The van der Waals surface area contributed by atoms with Gasteiger partial charge in [0.05, 0.1) is 11.2 Å². The molecule has 20 heavy (non-hydrogen) atoms. The Kier molecular flexibility index (Phi) is 2.17. The van der Waals surface area contributed by atoms with Crippen molar-refractivity contribution < 1.29 is 0 Å². The van der Waals surface area contributed by atoms with Crippen molar-refractivity contribution in [2.45, 2.75) is 69.9 Å². The van der Waals surface area contributed by atoms with Gasteiger partial charge in [0, 0.05) is 17.3 Å². The van der Waals surface area contributed by atoms with E-state index in [1.165, 1.54) is 55.5 Å². The third-order valence-electron chi connectivity index (χ3n) is 6.72. The number of hydrogen-bond acceptors (Lipinski definition) is 2. The van der Waals surface area contributed by atoms with Crippen molar-refractivity contribution in [1.82, 2.24) is 9.78 Å². The topological polar surface area (TPSA) is 43.8 Å². The minimum atomic E-state index is 0.243. The molecule has 0 saturated heterocycles. The molecule has 4 bridgehead atoms. The van der Waals surface area contributed by atoms with Gasteiger partial charge in [-0.15, -0.1) is 0 Å². The van der Waals surface area contributed by atoms with Crippen molar-refractivity contribution in [3.05, 3.63) is 17.0 Å². The summed E-state index contributed by atoms with van der Waals surface area (Å²) in [7, 11) is 0. The number of hydrogen-bond donors (Lipinski definition) is 1. The smallest absolute Gasteiger partial charge is 0.0644 e. The van der Waals surface area contributed by atoms with Crippen LogP contribution in [0.15, 0.2) is 0 Å². The zero-order chi connectivity index (χ0) is 13.5. The van der Waals surface area contributed by atoms with E-state index in [0.29, 0.717) is 5.54 Å². The number of nitrogens with zero attached hydrogens (tertiary/aromatic N) is 2. The van der Waals surface area contributed by atoms with Crippen molar-refractivity contribution in [2.75, 3.05) is 0 Å². The molecule has 108 valence electrons. The highest BCUT2D eigenvalue weighted by atomic mass is 15.3. The van der Waals surface area contributed by atoms with E-state index in [0.717, 1.165) is 30.6 Å². The highest BCUT2D eigenvalue weighted by Gasteiger charge is 2.53. The van der Waals surface area contributed by atoms with E-state index in [1.54, 1.807) is 0 Å². The molecule has 1 aromatic heterocycles. The maximum atomic E-state index is 6.30. The quantitative estimate of drug-likeness (QED) is 0.853. The lowest BCUT2D eigenvalue weighted by Crippen LogP contribution is -2.52. The molecule has 0 aliphatic heterocycles. The predicted octanol–water partition coefficient (Wildman–Crippen LogP) is 3.06. The Hall–Kier alpha value is -0.830. The van der Waals surface area contributed by atoms with E-state index in [9.17, 15) is 0 Å². The largest absolute Gasteiger partial charge is 0.324 e. The van der Waals surface area contributed by atoms with Gasteiger partial charge >= 0.3 is 0 Å². The lowest BCUT2D eigenvalue weighted by atomic mass is 9.53. The molecule has 4 fully saturated rings. The summed E-state index contributed by atoms with van der Waals surface area (Å²) in [6, 6.07) is 0.243. The van der Waals surface area contributed by atoms with E-state index in [1.807, 2.05) is 0 Å². The standard InChI is InChI=1S/C17H25N3/c1-10-16-14(18)2-3-15(16)20(19-10)17-7-11-4-12(8-17)6-13(5-11)9-17/h11-14H,2-9,18H2,1H3. The molecular weight excluding hydrogens is 246 g/mol. The first-order valence-corrected chi connectivity index (χ1v) is 8.49. The first kappa shape index (κ1) is 11.8. The Balaban J connectivity index is 1.64. The van der Waals surface area contributed by atoms with Gasteiger partial charge in [0.1, 0.15) is 0 Å². The van der Waals surface area contributed by atoms with Crippen LogP contribution in [0.3, 0.4) is 0 Å². The Labute approximate surface area is 120 Å². The zero-order valence-corrected chi connectivity index (χ0v) is 12.4. The summed E-state index contributed by atoms with van der Waals surface area (Å²) in [6.45, 7) is 2.17. The number of nitrogens with two attached hydrogens (primary N) is 1. The van der Waals surface area contributed by atoms with E-state index >= 15 is 0 Å².